The number of H-pyrrole nitrogens is 1. The second-order valence-electron chi connectivity index (χ2n) is 3.59. The normalized spacial score (nSPS) is 12.1. The van der Waals surface area contributed by atoms with E-state index in [4.69, 9.17) is 0 Å². The van der Waals surface area contributed by atoms with E-state index in [1.807, 2.05) is 0 Å². The van der Waals surface area contributed by atoms with Gasteiger partial charge in [0.2, 0.25) is 0 Å². The lowest BCUT2D eigenvalue weighted by Crippen LogP contribution is -2.11. The average molecular weight is 375 g/mol. The van der Waals surface area contributed by atoms with Gasteiger partial charge in [-0.1, -0.05) is 20.8 Å². The van der Waals surface area contributed by atoms with Gasteiger partial charge in [0.25, 0.3) is 0 Å². The summed E-state index contributed by atoms with van der Waals surface area (Å²) >= 11 is 4.67. The molecule has 1 nitrogen and oxygen atoms in total. The lowest BCUT2D eigenvalue weighted by atomic mass is 9.93. The van der Waals surface area contributed by atoms with Crippen LogP contribution in [-0.4, -0.2) is 4.98 Å². The molecule has 0 fully saturated rings. The van der Waals surface area contributed by atoms with Crippen molar-refractivity contribution in [3.05, 3.63) is 19.0 Å². The molecule has 0 atom stereocenters. The van der Waals surface area contributed by atoms with E-state index in [-0.39, 0.29) is 5.41 Å². The molecule has 11 heavy (non-hydrogen) atoms. The van der Waals surface area contributed by atoms with Crippen LogP contribution in [0.25, 0.3) is 0 Å². The number of aromatic amines is 1. The lowest BCUT2D eigenvalue weighted by molar-refractivity contribution is 0.572. The molecule has 0 aliphatic heterocycles. The van der Waals surface area contributed by atoms with Crippen molar-refractivity contribution in [1.29, 1.82) is 0 Å². The summed E-state index contributed by atoms with van der Waals surface area (Å²) in [5, 5.41) is 0. The van der Waals surface area contributed by atoms with Crippen LogP contribution in [-0.2, 0) is 5.41 Å². The van der Waals surface area contributed by atoms with Gasteiger partial charge in [0.15, 0.2) is 0 Å². The van der Waals surface area contributed by atoms with E-state index in [1.54, 1.807) is 0 Å². The molecule has 0 aromatic carbocycles. The first-order valence-electron chi connectivity index (χ1n) is 3.46. The first-order valence-corrected chi connectivity index (χ1v) is 5.61. The second kappa shape index (κ2) is 3.24. The number of hydrogen-bond donors (Lipinski definition) is 1. The van der Waals surface area contributed by atoms with Crippen molar-refractivity contribution in [2.24, 2.45) is 0 Å². The van der Waals surface area contributed by atoms with Crippen molar-refractivity contribution in [2.45, 2.75) is 26.2 Å². The van der Waals surface area contributed by atoms with Crippen molar-refractivity contribution in [2.75, 3.05) is 0 Å². The van der Waals surface area contributed by atoms with Gasteiger partial charge in [0, 0.05) is 14.7 Å². The largest absolute Gasteiger partial charge is 0.353 e. The highest BCUT2D eigenvalue weighted by Crippen LogP contribution is 2.25. The third-order valence-corrected chi connectivity index (χ3v) is 4.27. The summed E-state index contributed by atoms with van der Waals surface area (Å²) in [6.45, 7) is 6.64. The molecule has 1 aromatic heterocycles. The van der Waals surface area contributed by atoms with E-state index < -0.39 is 0 Å². The van der Waals surface area contributed by atoms with Crippen molar-refractivity contribution in [1.82, 2.24) is 4.98 Å². The van der Waals surface area contributed by atoms with Crippen LogP contribution in [0, 0.1) is 7.27 Å². The minimum atomic E-state index is 0.239. The minimum Gasteiger partial charge on any atom is -0.353 e. The molecule has 1 aromatic rings. The zero-order valence-corrected chi connectivity index (χ0v) is 11.1. The average Bonchev–Trinajstić information content (AvgIpc) is 2.11. The van der Waals surface area contributed by atoms with E-state index >= 15 is 0 Å². The van der Waals surface area contributed by atoms with Crippen LogP contribution in [0.15, 0.2) is 6.07 Å². The molecule has 1 rings (SSSR count). The Kier molecular flexibility index (Phi) is 2.89. The molecule has 0 aliphatic rings. The Morgan fingerprint density at radius 1 is 1.27 bits per heavy atom. The van der Waals surface area contributed by atoms with Crippen LogP contribution in [0.1, 0.15) is 26.5 Å². The van der Waals surface area contributed by atoms with Gasteiger partial charge in [-0.15, -0.1) is 0 Å². The van der Waals surface area contributed by atoms with Crippen molar-refractivity contribution in [3.63, 3.8) is 0 Å². The molecule has 1 N–H and O–H groups in total. The summed E-state index contributed by atoms with van der Waals surface area (Å²) in [4.78, 5) is 3.36. The molecular formula is C8H11I2N. The smallest absolute Gasteiger partial charge is 0.0909 e. The Bertz CT molecular complexity index is 238. The SMILES string of the molecule is CC(C)(C)c1cc(I)c(I)[nH]1. The van der Waals surface area contributed by atoms with Crippen LogP contribution < -0.4 is 0 Å². The fourth-order valence-electron chi connectivity index (χ4n) is 0.808. The molecule has 0 unspecified atom stereocenters. The molecule has 0 spiro atoms. The van der Waals surface area contributed by atoms with E-state index in [0.717, 1.165) is 0 Å². The third-order valence-electron chi connectivity index (χ3n) is 1.53. The molecule has 1 heterocycles. The summed E-state index contributed by atoms with van der Waals surface area (Å²) in [6.07, 6.45) is 0. The van der Waals surface area contributed by atoms with Gasteiger partial charge in [-0.2, -0.15) is 0 Å². The zero-order chi connectivity index (χ0) is 8.65. The Morgan fingerprint density at radius 2 is 1.82 bits per heavy atom. The van der Waals surface area contributed by atoms with Crippen LogP contribution in [0.3, 0.4) is 0 Å². The molecule has 0 bridgehead atoms. The number of rotatable bonds is 0. The molecular weight excluding hydrogens is 364 g/mol. The highest BCUT2D eigenvalue weighted by molar-refractivity contribution is 14.1. The van der Waals surface area contributed by atoms with Gasteiger partial charge in [-0.3, -0.25) is 0 Å². The van der Waals surface area contributed by atoms with Crippen LogP contribution in [0.5, 0.6) is 0 Å². The van der Waals surface area contributed by atoms with E-state index in [0.29, 0.717) is 0 Å². The zero-order valence-electron chi connectivity index (χ0n) is 6.83. The molecule has 0 amide bonds. The standard InChI is InChI=1S/C8H11I2N/c1-8(2,3)6-4-5(9)7(10)11-6/h4,11H,1-3H3. The monoisotopic (exact) mass is 375 g/mol. The summed E-state index contributed by atoms with van der Waals surface area (Å²) in [7, 11) is 0. The predicted octanol–water partition coefficient (Wildman–Crippen LogP) is 3.52. The third kappa shape index (κ3) is 2.34. The van der Waals surface area contributed by atoms with Crippen LogP contribution in [0.4, 0.5) is 0 Å². The van der Waals surface area contributed by atoms with E-state index in [9.17, 15) is 0 Å². The van der Waals surface area contributed by atoms with Crippen molar-refractivity contribution >= 4 is 45.2 Å². The quantitative estimate of drug-likeness (QED) is 0.669. The summed E-state index contributed by atoms with van der Waals surface area (Å²) in [5.74, 6) is 0. The topological polar surface area (TPSA) is 15.8 Å². The number of aromatic nitrogens is 1. The van der Waals surface area contributed by atoms with Crippen LogP contribution in [0.2, 0.25) is 0 Å². The van der Waals surface area contributed by atoms with Gasteiger partial charge in [0.1, 0.15) is 0 Å². The predicted molar refractivity (Wildman–Crippen MR) is 64.9 cm³/mol. The summed E-state index contributed by atoms with van der Waals surface area (Å²) in [6, 6.07) is 2.21. The first kappa shape index (κ1) is 9.83. The molecule has 3 heteroatoms. The highest BCUT2D eigenvalue weighted by atomic mass is 127. The summed E-state index contributed by atoms with van der Waals surface area (Å²) < 4.78 is 2.56. The van der Waals surface area contributed by atoms with Gasteiger partial charge < -0.3 is 4.98 Å². The Balaban J connectivity index is 3.08. The fourth-order valence-corrected chi connectivity index (χ4v) is 1.70. The maximum Gasteiger partial charge on any atom is 0.0909 e. The number of halogens is 2. The Hall–Kier alpha value is 0.740. The molecule has 0 saturated carbocycles. The molecule has 0 saturated heterocycles. The highest BCUT2D eigenvalue weighted by Gasteiger charge is 2.16. The van der Waals surface area contributed by atoms with Gasteiger partial charge in [-0.05, 0) is 51.2 Å². The molecule has 0 aliphatic carbocycles. The van der Waals surface area contributed by atoms with E-state index in [1.165, 1.54) is 13.0 Å². The van der Waals surface area contributed by atoms with Gasteiger partial charge in [0.05, 0.1) is 3.70 Å². The number of nitrogens with one attached hydrogen (secondary N) is 1. The molecule has 62 valence electrons. The van der Waals surface area contributed by atoms with E-state index in [2.05, 4.69) is 77.0 Å². The van der Waals surface area contributed by atoms with Gasteiger partial charge >= 0.3 is 0 Å². The maximum absolute atomic E-state index is 3.36. The second-order valence-corrected chi connectivity index (χ2v) is 5.84. The van der Waals surface area contributed by atoms with Crippen molar-refractivity contribution < 1.29 is 0 Å². The lowest BCUT2D eigenvalue weighted by Gasteiger charge is -2.15. The molecule has 0 radical (unpaired) electrons. The Labute approximate surface area is 94.6 Å². The van der Waals surface area contributed by atoms with Crippen LogP contribution >= 0.6 is 45.2 Å². The number of hydrogen-bond acceptors (Lipinski definition) is 0. The first-order chi connectivity index (χ1) is 4.91. The minimum absolute atomic E-state index is 0.239. The fraction of sp³-hybridized carbons (Fsp3) is 0.500. The van der Waals surface area contributed by atoms with Gasteiger partial charge in [-0.25, -0.2) is 0 Å². The summed E-state index contributed by atoms with van der Waals surface area (Å²) in [5.41, 5.74) is 1.55. The Morgan fingerprint density at radius 3 is 2.00 bits per heavy atom. The van der Waals surface area contributed by atoms with Crippen molar-refractivity contribution in [3.8, 4) is 0 Å². The maximum atomic E-state index is 3.36.